The molecule has 0 radical (unpaired) electrons. The van der Waals surface area contributed by atoms with E-state index in [9.17, 15) is 8.42 Å². The number of sulfonamides is 1. The first-order chi connectivity index (χ1) is 10.4. The van der Waals surface area contributed by atoms with Crippen molar-refractivity contribution in [2.45, 2.75) is 18.7 Å². The molecule has 6 heteroatoms. The van der Waals surface area contributed by atoms with Crippen molar-refractivity contribution in [2.75, 3.05) is 16.6 Å². The molecule has 0 aliphatic carbocycles. The molecule has 0 aliphatic rings. The molecule has 0 spiro atoms. The van der Waals surface area contributed by atoms with Crippen LogP contribution >= 0.6 is 11.6 Å². The summed E-state index contributed by atoms with van der Waals surface area (Å²) in [6.07, 6.45) is 0. The van der Waals surface area contributed by atoms with E-state index in [1.54, 1.807) is 24.3 Å². The number of nitrogens with one attached hydrogen (secondary N) is 2. The van der Waals surface area contributed by atoms with Crippen LogP contribution in [0.3, 0.4) is 0 Å². The Hall–Kier alpha value is -1.72. The minimum Gasteiger partial charge on any atom is -0.385 e. The van der Waals surface area contributed by atoms with Gasteiger partial charge < -0.3 is 5.32 Å². The van der Waals surface area contributed by atoms with Crippen LogP contribution in [0.4, 0.5) is 11.4 Å². The molecule has 0 bridgehead atoms. The maximum Gasteiger partial charge on any atom is 0.261 e. The van der Waals surface area contributed by atoms with E-state index in [0.717, 1.165) is 12.2 Å². The molecule has 118 valence electrons. The number of benzene rings is 2. The molecule has 4 nitrogen and oxygen atoms in total. The molecule has 0 heterocycles. The first-order valence-corrected chi connectivity index (χ1v) is 8.85. The monoisotopic (exact) mass is 338 g/mol. The van der Waals surface area contributed by atoms with Gasteiger partial charge in [-0.05, 0) is 48.4 Å². The third-order valence-electron chi connectivity index (χ3n) is 2.96. The molecular weight excluding hydrogens is 320 g/mol. The lowest BCUT2D eigenvalue weighted by Crippen LogP contribution is -2.13. The molecule has 0 saturated heterocycles. The SMILES string of the molecule is CC(C)CNc1ccc(NS(=O)(=O)c2cccc(Cl)c2)cc1. The second kappa shape index (κ2) is 7.03. The zero-order valence-corrected chi connectivity index (χ0v) is 14.1. The van der Waals surface area contributed by atoms with Gasteiger partial charge in [0.1, 0.15) is 0 Å². The Morgan fingerprint density at radius 1 is 1.05 bits per heavy atom. The van der Waals surface area contributed by atoms with Crippen molar-refractivity contribution in [3.63, 3.8) is 0 Å². The molecule has 0 fully saturated rings. The Kier molecular flexibility index (Phi) is 5.32. The number of hydrogen-bond acceptors (Lipinski definition) is 3. The third-order valence-corrected chi connectivity index (χ3v) is 4.57. The summed E-state index contributed by atoms with van der Waals surface area (Å²) in [5.74, 6) is 0.543. The van der Waals surface area contributed by atoms with Crippen LogP contribution in [-0.2, 0) is 10.0 Å². The van der Waals surface area contributed by atoms with E-state index in [-0.39, 0.29) is 4.90 Å². The van der Waals surface area contributed by atoms with Gasteiger partial charge in [-0.3, -0.25) is 4.72 Å². The predicted octanol–water partition coefficient (Wildman–Crippen LogP) is 4.21. The largest absolute Gasteiger partial charge is 0.385 e. The first kappa shape index (κ1) is 16.6. The highest BCUT2D eigenvalue weighted by atomic mass is 35.5. The fourth-order valence-electron chi connectivity index (χ4n) is 1.83. The molecule has 2 aromatic rings. The lowest BCUT2D eigenvalue weighted by molar-refractivity contribution is 0.601. The van der Waals surface area contributed by atoms with Gasteiger partial charge in [0.2, 0.25) is 0 Å². The van der Waals surface area contributed by atoms with Crippen LogP contribution in [0.15, 0.2) is 53.4 Å². The van der Waals surface area contributed by atoms with Crippen LogP contribution in [0.1, 0.15) is 13.8 Å². The molecule has 0 aliphatic heterocycles. The molecule has 0 amide bonds. The van der Waals surface area contributed by atoms with Crippen LogP contribution in [0.5, 0.6) is 0 Å². The van der Waals surface area contributed by atoms with E-state index >= 15 is 0 Å². The summed E-state index contributed by atoms with van der Waals surface area (Å²) in [6, 6.07) is 13.3. The molecule has 0 saturated carbocycles. The van der Waals surface area contributed by atoms with Crippen LogP contribution in [-0.4, -0.2) is 15.0 Å². The highest BCUT2D eigenvalue weighted by molar-refractivity contribution is 7.92. The Labute approximate surface area is 136 Å². The average molecular weight is 339 g/mol. The topological polar surface area (TPSA) is 58.2 Å². The van der Waals surface area contributed by atoms with E-state index in [4.69, 9.17) is 11.6 Å². The summed E-state index contributed by atoms with van der Waals surface area (Å²) in [4.78, 5) is 0.141. The zero-order valence-electron chi connectivity index (χ0n) is 12.5. The number of hydrogen-bond donors (Lipinski definition) is 2. The number of rotatable bonds is 6. The van der Waals surface area contributed by atoms with Crippen molar-refractivity contribution in [3.05, 3.63) is 53.6 Å². The summed E-state index contributed by atoms with van der Waals surface area (Å²) in [6.45, 7) is 5.12. The number of halogens is 1. The Balaban J connectivity index is 2.10. The third kappa shape index (κ3) is 4.64. The molecule has 2 rings (SSSR count). The molecule has 0 aromatic heterocycles. The maximum atomic E-state index is 12.3. The predicted molar refractivity (Wildman–Crippen MR) is 92.0 cm³/mol. The van der Waals surface area contributed by atoms with Crippen molar-refractivity contribution in [1.82, 2.24) is 0 Å². The average Bonchev–Trinajstić information content (AvgIpc) is 2.46. The Bertz CT molecular complexity index is 728. The van der Waals surface area contributed by atoms with E-state index in [2.05, 4.69) is 23.9 Å². The summed E-state index contributed by atoms with van der Waals surface area (Å²) in [5, 5.41) is 3.66. The second-order valence-corrected chi connectivity index (χ2v) is 7.53. The Morgan fingerprint density at radius 2 is 1.68 bits per heavy atom. The van der Waals surface area contributed by atoms with Gasteiger partial charge >= 0.3 is 0 Å². The van der Waals surface area contributed by atoms with Crippen LogP contribution in [0, 0.1) is 5.92 Å². The summed E-state index contributed by atoms with van der Waals surface area (Å²) < 4.78 is 27.1. The van der Waals surface area contributed by atoms with E-state index in [1.165, 1.54) is 12.1 Å². The Morgan fingerprint density at radius 3 is 2.27 bits per heavy atom. The van der Waals surface area contributed by atoms with Gasteiger partial charge in [-0.1, -0.05) is 31.5 Å². The molecule has 0 atom stereocenters. The van der Waals surface area contributed by atoms with Gasteiger partial charge in [0.15, 0.2) is 0 Å². The molecule has 0 unspecified atom stereocenters. The fourth-order valence-corrected chi connectivity index (χ4v) is 3.19. The van der Waals surface area contributed by atoms with E-state index < -0.39 is 10.0 Å². The first-order valence-electron chi connectivity index (χ1n) is 6.99. The minimum atomic E-state index is -3.63. The molecular formula is C16H19ClN2O2S. The van der Waals surface area contributed by atoms with Crippen molar-refractivity contribution >= 4 is 33.0 Å². The van der Waals surface area contributed by atoms with Crippen molar-refractivity contribution in [1.29, 1.82) is 0 Å². The van der Waals surface area contributed by atoms with Crippen LogP contribution in [0.2, 0.25) is 5.02 Å². The van der Waals surface area contributed by atoms with Gasteiger partial charge in [-0.2, -0.15) is 0 Å². The highest BCUT2D eigenvalue weighted by Gasteiger charge is 2.14. The normalized spacial score (nSPS) is 11.5. The van der Waals surface area contributed by atoms with Gasteiger partial charge in [0.25, 0.3) is 10.0 Å². The smallest absolute Gasteiger partial charge is 0.261 e. The van der Waals surface area contributed by atoms with Gasteiger partial charge in [-0.15, -0.1) is 0 Å². The van der Waals surface area contributed by atoms with E-state index in [1.807, 2.05) is 12.1 Å². The lowest BCUT2D eigenvalue weighted by Gasteiger charge is -2.11. The van der Waals surface area contributed by atoms with Crippen LogP contribution in [0.25, 0.3) is 0 Å². The van der Waals surface area contributed by atoms with Gasteiger partial charge in [0, 0.05) is 22.9 Å². The molecule has 2 N–H and O–H groups in total. The molecule has 22 heavy (non-hydrogen) atoms. The standard InChI is InChI=1S/C16H19ClN2O2S/c1-12(2)11-18-14-6-8-15(9-7-14)19-22(20,21)16-5-3-4-13(17)10-16/h3-10,12,18-19H,11H2,1-2H3. The summed E-state index contributed by atoms with van der Waals surface area (Å²) in [5.41, 5.74) is 1.47. The highest BCUT2D eigenvalue weighted by Crippen LogP contribution is 2.20. The van der Waals surface area contributed by atoms with Gasteiger partial charge in [-0.25, -0.2) is 8.42 Å². The van der Waals surface area contributed by atoms with Crippen molar-refractivity contribution < 1.29 is 8.42 Å². The lowest BCUT2D eigenvalue weighted by atomic mass is 10.2. The maximum absolute atomic E-state index is 12.3. The fraction of sp³-hybridized carbons (Fsp3) is 0.250. The van der Waals surface area contributed by atoms with Crippen LogP contribution < -0.4 is 10.0 Å². The van der Waals surface area contributed by atoms with Crippen molar-refractivity contribution in [2.24, 2.45) is 5.92 Å². The summed E-state index contributed by atoms with van der Waals surface area (Å²) in [7, 11) is -3.63. The van der Waals surface area contributed by atoms with Crippen molar-refractivity contribution in [3.8, 4) is 0 Å². The quantitative estimate of drug-likeness (QED) is 0.829. The van der Waals surface area contributed by atoms with Gasteiger partial charge in [0.05, 0.1) is 4.90 Å². The second-order valence-electron chi connectivity index (χ2n) is 5.41. The molecule has 2 aromatic carbocycles. The number of anilines is 2. The zero-order chi connectivity index (χ0) is 16.2. The minimum absolute atomic E-state index is 0.141. The van der Waals surface area contributed by atoms with E-state index in [0.29, 0.717) is 16.6 Å². The summed E-state index contributed by atoms with van der Waals surface area (Å²) >= 11 is 5.83.